The Kier molecular flexibility index (Phi) is 4.95. The largest absolute Gasteiger partial charge is 0.0585 e. The lowest BCUT2D eigenvalue weighted by Gasteiger charge is -2.37. The molecule has 0 aliphatic heterocycles. The summed E-state index contributed by atoms with van der Waals surface area (Å²) < 4.78 is 0. The van der Waals surface area contributed by atoms with Crippen LogP contribution in [0.3, 0.4) is 0 Å². The molecule has 144 valence electrons. The quantitative estimate of drug-likeness (QED) is 0.546. The van der Waals surface area contributed by atoms with Crippen molar-refractivity contribution in [2.24, 2.45) is 0 Å². The summed E-state index contributed by atoms with van der Waals surface area (Å²) in [7, 11) is 0. The molecular weight excluding hydrogens is 324 g/mol. The molecule has 0 nitrogen and oxygen atoms in total. The zero-order valence-electron chi connectivity index (χ0n) is 17.8. The molecule has 0 aromatic heterocycles. The lowest BCUT2D eigenvalue weighted by molar-refractivity contribution is 0.348. The van der Waals surface area contributed by atoms with Crippen molar-refractivity contribution in [3.63, 3.8) is 0 Å². The molecule has 0 radical (unpaired) electrons. The summed E-state index contributed by atoms with van der Waals surface area (Å²) in [4.78, 5) is 0. The second kappa shape index (κ2) is 7.12. The molecule has 0 atom stereocenters. The number of aryl methyl sites for hydroxylation is 4. The van der Waals surface area contributed by atoms with Crippen LogP contribution in [0.2, 0.25) is 0 Å². The molecular formula is C27H36. The zero-order chi connectivity index (χ0) is 19.1. The first kappa shape index (κ1) is 18.8. The zero-order valence-corrected chi connectivity index (χ0v) is 17.8. The monoisotopic (exact) mass is 360 g/mol. The molecule has 0 unspecified atom stereocenters. The SMILES string of the molecule is CC(C)(CC(C)(C)c1ccc2c(c1)CCCC2)c1ccc2c(c1)CCCC2. The molecule has 0 spiro atoms. The third-order valence-electron chi connectivity index (χ3n) is 7.14. The molecule has 0 amide bonds. The van der Waals surface area contributed by atoms with Gasteiger partial charge in [0, 0.05) is 0 Å². The van der Waals surface area contributed by atoms with E-state index in [1.165, 1.54) is 68.9 Å². The molecule has 0 heteroatoms. The van der Waals surface area contributed by atoms with Crippen LogP contribution in [0.25, 0.3) is 0 Å². The van der Waals surface area contributed by atoms with E-state index >= 15 is 0 Å². The minimum absolute atomic E-state index is 0.186. The Morgan fingerprint density at radius 2 is 0.926 bits per heavy atom. The van der Waals surface area contributed by atoms with Gasteiger partial charge < -0.3 is 0 Å². The van der Waals surface area contributed by atoms with Crippen molar-refractivity contribution < 1.29 is 0 Å². The summed E-state index contributed by atoms with van der Waals surface area (Å²) in [5.74, 6) is 0. The van der Waals surface area contributed by atoms with Crippen LogP contribution in [-0.2, 0) is 36.5 Å². The summed E-state index contributed by atoms with van der Waals surface area (Å²) in [6.07, 6.45) is 11.7. The van der Waals surface area contributed by atoms with Crippen molar-refractivity contribution in [3.8, 4) is 0 Å². The van der Waals surface area contributed by atoms with Gasteiger partial charge >= 0.3 is 0 Å². The normalized spacial score (nSPS) is 17.3. The standard InChI is InChI=1S/C27H36/c1-26(2,24-15-13-20-9-5-7-11-22(20)17-24)19-27(3,4)25-16-14-21-10-6-8-12-23(21)18-25/h13-18H,5-12,19H2,1-4H3. The van der Waals surface area contributed by atoms with Gasteiger partial charge in [0.1, 0.15) is 0 Å². The highest BCUT2D eigenvalue weighted by atomic mass is 14.4. The van der Waals surface area contributed by atoms with Gasteiger partial charge in [0.2, 0.25) is 0 Å². The van der Waals surface area contributed by atoms with Crippen LogP contribution < -0.4 is 0 Å². The first-order chi connectivity index (χ1) is 12.9. The van der Waals surface area contributed by atoms with E-state index < -0.39 is 0 Å². The molecule has 0 bridgehead atoms. The fourth-order valence-electron chi connectivity index (χ4n) is 5.62. The fourth-order valence-corrected chi connectivity index (χ4v) is 5.62. The van der Waals surface area contributed by atoms with Gasteiger partial charge in [0.25, 0.3) is 0 Å². The molecule has 2 aliphatic carbocycles. The molecule has 0 saturated carbocycles. The number of fused-ring (bicyclic) bond motifs is 2. The van der Waals surface area contributed by atoms with Gasteiger partial charge in [-0.15, -0.1) is 0 Å². The predicted molar refractivity (Wildman–Crippen MR) is 117 cm³/mol. The lowest BCUT2D eigenvalue weighted by atomic mass is 9.67. The molecule has 4 rings (SSSR count). The van der Waals surface area contributed by atoms with Gasteiger partial charge in [0.05, 0.1) is 0 Å². The third-order valence-corrected chi connectivity index (χ3v) is 7.14. The Morgan fingerprint density at radius 3 is 1.33 bits per heavy atom. The Hall–Kier alpha value is -1.56. The molecule has 0 heterocycles. The maximum atomic E-state index is 2.53. The van der Waals surface area contributed by atoms with E-state index in [0.29, 0.717) is 0 Å². The van der Waals surface area contributed by atoms with E-state index in [4.69, 9.17) is 0 Å². The molecule has 2 aromatic rings. The van der Waals surface area contributed by atoms with Crippen LogP contribution in [0.5, 0.6) is 0 Å². The number of rotatable bonds is 4. The maximum Gasteiger partial charge on any atom is -0.00952 e. The first-order valence-corrected chi connectivity index (χ1v) is 11.1. The van der Waals surface area contributed by atoms with Crippen molar-refractivity contribution in [2.45, 2.75) is 96.3 Å². The van der Waals surface area contributed by atoms with E-state index in [1.54, 1.807) is 22.3 Å². The van der Waals surface area contributed by atoms with Gasteiger partial charge in [-0.25, -0.2) is 0 Å². The Balaban J connectivity index is 1.59. The van der Waals surface area contributed by atoms with Crippen molar-refractivity contribution in [1.29, 1.82) is 0 Å². The summed E-state index contributed by atoms with van der Waals surface area (Å²) in [5, 5.41) is 0. The van der Waals surface area contributed by atoms with Gasteiger partial charge in [-0.2, -0.15) is 0 Å². The topological polar surface area (TPSA) is 0 Å². The molecule has 0 N–H and O–H groups in total. The average Bonchev–Trinajstić information content (AvgIpc) is 2.66. The highest BCUT2D eigenvalue weighted by Crippen LogP contribution is 2.40. The second-order valence-electron chi connectivity index (χ2n) is 10.3. The third kappa shape index (κ3) is 3.86. The number of hydrogen-bond acceptors (Lipinski definition) is 0. The van der Waals surface area contributed by atoms with Crippen LogP contribution in [0.4, 0.5) is 0 Å². The van der Waals surface area contributed by atoms with Gasteiger partial charge in [-0.3, -0.25) is 0 Å². The fraction of sp³-hybridized carbons (Fsp3) is 0.556. The smallest absolute Gasteiger partial charge is 0.00952 e. The molecule has 0 saturated heterocycles. The van der Waals surface area contributed by atoms with Gasteiger partial charge in [-0.05, 0) is 102 Å². The maximum absolute atomic E-state index is 2.53. The highest BCUT2D eigenvalue weighted by molar-refractivity contribution is 5.40. The Bertz CT molecular complexity index is 752. The Morgan fingerprint density at radius 1 is 0.556 bits per heavy atom. The number of hydrogen-bond donors (Lipinski definition) is 0. The van der Waals surface area contributed by atoms with Crippen LogP contribution >= 0.6 is 0 Å². The molecule has 2 aromatic carbocycles. The van der Waals surface area contributed by atoms with Crippen LogP contribution in [-0.4, -0.2) is 0 Å². The summed E-state index contributed by atoms with van der Waals surface area (Å²) in [6, 6.07) is 14.7. The van der Waals surface area contributed by atoms with Crippen molar-refractivity contribution >= 4 is 0 Å². The lowest BCUT2D eigenvalue weighted by Crippen LogP contribution is -2.30. The summed E-state index contributed by atoms with van der Waals surface area (Å²) in [6.45, 7) is 9.77. The highest BCUT2D eigenvalue weighted by Gasteiger charge is 2.32. The minimum atomic E-state index is 0.186. The van der Waals surface area contributed by atoms with E-state index in [2.05, 4.69) is 64.1 Å². The van der Waals surface area contributed by atoms with Crippen LogP contribution in [0.15, 0.2) is 36.4 Å². The average molecular weight is 361 g/mol. The summed E-state index contributed by atoms with van der Waals surface area (Å²) in [5.41, 5.74) is 9.82. The van der Waals surface area contributed by atoms with E-state index in [0.717, 1.165) is 0 Å². The summed E-state index contributed by atoms with van der Waals surface area (Å²) >= 11 is 0. The van der Waals surface area contributed by atoms with E-state index in [9.17, 15) is 0 Å². The van der Waals surface area contributed by atoms with E-state index in [1.807, 2.05) is 0 Å². The van der Waals surface area contributed by atoms with Crippen molar-refractivity contribution in [1.82, 2.24) is 0 Å². The molecule has 27 heavy (non-hydrogen) atoms. The molecule has 0 fully saturated rings. The van der Waals surface area contributed by atoms with Crippen molar-refractivity contribution in [2.75, 3.05) is 0 Å². The van der Waals surface area contributed by atoms with Crippen molar-refractivity contribution in [3.05, 3.63) is 69.8 Å². The first-order valence-electron chi connectivity index (χ1n) is 11.1. The van der Waals surface area contributed by atoms with Crippen LogP contribution in [0, 0.1) is 0 Å². The van der Waals surface area contributed by atoms with Gasteiger partial charge in [-0.1, -0.05) is 64.1 Å². The number of benzene rings is 2. The molecule has 2 aliphatic rings. The minimum Gasteiger partial charge on any atom is -0.0585 e. The van der Waals surface area contributed by atoms with Gasteiger partial charge in [0.15, 0.2) is 0 Å². The second-order valence-corrected chi connectivity index (χ2v) is 10.3. The Labute approximate surface area is 166 Å². The predicted octanol–water partition coefficient (Wildman–Crippen LogP) is 7.09. The van der Waals surface area contributed by atoms with Crippen LogP contribution in [0.1, 0.15) is 93.2 Å². The van der Waals surface area contributed by atoms with E-state index in [-0.39, 0.29) is 10.8 Å².